The standard InChI is InChI=1S/C12H13BrN2O/c1-14(2)12(16)10-7-15(3)11-6-8(13)4-5-9(10)11/h4-7H,1-3H3. The van der Waals surface area contributed by atoms with Crippen LogP contribution in [0.5, 0.6) is 0 Å². The minimum atomic E-state index is 0.0351. The Morgan fingerprint density at radius 3 is 2.69 bits per heavy atom. The Hall–Kier alpha value is -1.29. The molecule has 3 nitrogen and oxygen atoms in total. The van der Waals surface area contributed by atoms with Crippen molar-refractivity contribution in [3.05, 3.63) is 34.4 Å². The lowest BCUT2D eigenvalue weighted by Crippen LogP contribution is -2.21. The van der Waals surface area contributed by atoms with Crippen molar-refractivity contribution in [1.29, 1.82) is 0 Å². The smallest absolute Gasteiger partial charge is 0.255 e. The van der Waals surface area contributed by atoms with Gasteiger partial charge in [0, 0.05) is 42.7 Å². The van der Waals surface area contributed by atoms with E-state index in [1.165, 1.54) is 0 Å². The average molecular weight is 281 g/mol. The zero-order valence-electron chi connectivity index (χ0n) is 9.49. The maximum Gasteiger partial charge on any atom is 0.255 e. The first-order chi connectivity index (χ1) is 7.50. The number of fused-ring (bicyclic) bond motifs is 1. The lowest BCUT2D eigenvalue weighted by molar-refractivity contribution is 0.0829. The Kier molecular flexibility index (Phi) is 2.76. The van der Waals surface area contributed by atoms with Gasteiger partial charge >= 0.3 is 0 Å². The number of aromatic nitrogens is 1. The lowest BCUT2D eigenvalue weighted by atomic mass is 10.1. The van der Waals surface area contributed by atoms with Gasteiger partial charge in [-0.15, -0.1) is 0 Å². The van der Waals surface area contributed by atoms with Crippen molar-refractivity contribution in [1.82, 2.24) is 9.47 Å². The van der Waals surface area contributed by atoms with Crippen LogP contribution in [0, 0.1) is 0 Å². The SMILES string of the molecule is CN(C)C(=O)c1cn(C)c2cc(Br)ccc12. The summed E-state index contributed by atoms with van der Waals surface area (Å²) in [5.41, 5.74) is 1.80. The van der Waals surface area contributed by atoms with Crippen LogP contribution in [0.3, 0.4) is 0 Å². The highest BCUT2D eigenvalue weighted by molar-refractivity contribution is 9.10. The Bertz CT molecular complexity index is 557. The first-order valence-corrected chi connectivity index (χ1v) is 5.76. The average Bonchev–Trinajstić information content (AvgIpc) is 2.55. The predicted octanol–water partition coefficient (Wildman–Crippen LogP) is 2.64. The van der Waals surface area contributed by atoms with E-state index < -0.39 is 0 Å². The molecule has 0 atom stereocenters. The van der Waals surface area contributed by atoms with Gasteiger partial charge in [0.15, 0.2) is 0 Å². The Balaban J connectivity index is 2.69. The van der Waals surface area contributed by atoms with E-state index in [0.29, 0.717) is 0 Å². The first-order valence-electron chi connectivity index (χ1n) is 4.97. The van der Waals surface area contributed by atoms with E-state index in [2.05, 4.69) is 15.9 Å². The van der Waals surface area contributed by atoms with E-state index in [9.17, 15) is 4.79 Å². The van der Waals surface area contributed by atoms with Crippen molar-refractivity contribution < 1.29 is 4.79 Å². The van der Waals surface area contributed by atoms with Crippen LogP contribution in [0.2, 0.25) is 0 Å². The molecule has 0 saturated heterocycles. The maximum absolute atomic E-state index is 12.0. The first kappa shape index (κ1) is 11.2. The highest BCUT2D eigenvalue weighted by Crippen LogP contribution is 2.24. The van der Waals surface area contributed by atoms with Crippen LogP contribution < -0.4 is 0 Å². The van der Waals surface area contributed by atoms with Gasteiger partial charge in [-0.2, -0.15) is 0 Å². The van der Waals surface area contributed by atoms with Crippen LogP contribution in [0.1, 0.15) is 10.4 Å². The van der Waals surface area contributed by atoms with E-state index in [1.54, 1.807) is 19.0 Å². The minimum Gasteiger partial charge on any atom is -0.350 e. The second-order valence-corrected chi connectivity index (χ2v) is 4.93. The van der Waals surface area contributed by atoms with Crippen molar-refractivity contribution in [3.8, 4) is 0 Å². The van der Waals surface area contributed by atoms with E-state index in [4.69, 9.17) is 0 Å². The summed E-state index contributed by atoms with van der Waals surface area (Å²) < 4.78 is 2.99. The van der Waals surface area contributed by atoms with Gasteiger partial charge in [-0.1, -0.05) is 22.0 Å². The van der Waals surface area contributed by atoms with Gasteiger partial charge in [-0.25, -0.2) is 0 Å². The van der Waals surface area contributed by atoms with E-state index in [-0.39, 0.29) is 5.91 Å². The molecule has 0 aliphatic rings. The fourth-order valence-electron chi connectivity index (χ4n) is 1.77. The summed E-state index contributed by atoms with van der Waals surface area (Å²) in [6, 6.07) is 5.94. The summed E-state index contributed by atoms with van der Waals surface area (Å²) in [6.45, 7) is 0. The van der Waals surface area contributed by atoms with Crippen molar-refractivity contribution >= 4 is 32.7 Å². The molecular weight excluding hydrogens is 268 g/mol. The molecular formula is C12H13BrN2O. The molecule has 0 bridgehead atoms. The number of hydrogen-bond acceptors (Lipinski definition) is 1. The Morgan fingerprint density at radius 2 is 2.06 bits per heavy atom. The highest BCUT2D eigenvalue weighted by atomic mass is 79.9. The molecule has 0 N–H and O–H groups in total. The number of carbonyl (C=O) groups excluding carboxylic acids is 1. The molecule has 1 aromatic carbocycles. The van der Waals surface area contributed by atoms with Crippen LogP contribution in [0.4, 0.5) is 0 Å². The Labute approximate surface area is 103 Å². The molecule has 0 radical (unpaired) electrons. The van der Waals surface area contributed by atoms with Gasteiger partial charge in [0.1, 0.15) is 0 Å². The van der Waals surface area contributed by atoms with Gasteiger partial charge in [0.25, 0.3) is 5.91 Å². The van der Waals surface area contributed by atoms with Crippen LogP contribution in [-0.2, 0) is 7.05 Å². The van der Waals surface area contributed by atoms with Crippen LogP contribution in [-0.4, -0.2) is 29.5 Å². The zero-order valence-corrected chi connectivity index (χ0v) is 11.1. The normalized spacial score (nSPS) is 10.8. The second kappa shape index (κ2) is 3.94. The van der Waals surface area contributed by atoms with E-state index in [0.717, 1.165) is 20.9 Å². The van der Waals surface area contributed by atoms with Gasteiger partial charge in [0.05, 0.1) is 5.56 Å². The predicted molar refractivity (Wildman–Crippen MR) is 68.6 cm³/mol. The summed E-state index contributed by atoms with van der Waals surface area (Å²) in [5.74, 6) is 0.0351. The fraction of sp³-hybridized carbons (Fsp3) is 0.250. The summed E-state index contributed by atoms with van der Waals surface area (Å²) in [4.78, 5) is 13.6. The van der Waals surface area contributed by atoms with Crippen LogP contribution >= 0.6 is 15.9 Å². The molecule has 0 aliphatic heterocycles. The quantitative estimate of drug-likeness (QED) is 0.789. The third-order valence-electron chi connectivity index (χ3n) is 2.59. The van der Waals surface area contributed by atoms with Gasteiger partial charge in [-0.3, -0.25) is 4.79 Å². The summed E-state index contributed by atoms with van der Waals surface area (Å²) in [7, 11) is 5.47. The molecule has 16 heavy (non-hydrogen) atoms. The van der Waals surface area contributed by atoms with Crippen molar-refractivity contribution in [3.63, 3.8) is 0 Å². The number of halogens is 1. The molecule has 0 spiro atoms. The molecule has 1 aromatic heterocycles. The number of aryl methyl sites for hydroxylation is 1. The van der Waals surface area contributed by atoms with Crippen molar-refractivity contribution in [2.75, 3.05) is 14.1 Å². The molecule has 0 saturated carbocycles. The van der Waals surface area contributed by atoms with Crippen LogP contribution in [0.25, 0.3) is 10.9 Å². The lowest BCUT2D eigenvalue weighted by Gasteiger charge is -2.08. The summed E-state index contributed by atoms with van der Waals surface area (Å²) in [6.07, 6.45) is 1.87. The molecule has 1 amide bonds. The minimum absolute atomic E-state index is 0.0351. The number of nitrogens with zero attached hydrogens (tertiary/aromatic N) is 2. The van der Waals surface area contributed by atoms with Crippen LogP contribution in [0.15, 0.2) is 28.9 Å². The number of hydrogen-bond donors (Lipinski definition) is 0. The van der Waals surface area contributed by atoms with Gasteiger partial charge < -0.3 is 9.47 Å². The van der Waals surface area contributed by atoms with Crippen molar-refractivity contribution in [2.45, 2.75) is 0 Å². The van der Waals surface area contributed by atoms with Crippen molar-refractivity contribution in [2.24, 2.45) is 7.05 Å². The summed E-state index contributed by atoms with van der Waals surface area (Å²) in [5, 5.41) is 0.990. The molecule has 4 heteroatoms. The largest absolute Gasteiger partial charge is 0.350 e. The number of carbonyl (C=O) groups is 1. The fourth-order valence-corrected chi connectivity index (χ4v) is 2.12. The molecule has 2 rings (SSSR count). The zero-order chi connectivity index (χ0) is 11.9. The molecule has 84 valence electrons. The molecule has 1 heterocycles. The molecule has 0 aliphatic carbocycles. The third kappa shape index (κ3) is 1.73. The molecule has 0 unspecified atom stereocenters. The molecule has 2 aromatic rings. The third-order valence-corrected chi connectivity index (χ3v) is 3.08. The maximum atomic E-state index is 12.0. The number of rotatable bonds is 1. The van der Waals surface area contributed by atoms with Gasteiger partial charge in [0.2, 0.25) is 0 Å². The molecule has 0 fully saturated rings. The van der Waals surface area contributed by atoms with E-state index in [1.807, 2.05) is 36.0 Å². The van der Waals surface area contributed by atoms with Gasteiger partial charge in [-0.05, 0) is 12.1 Å². The number of benzene rings is 1. The second-order valence-electron chi connectivity index (χ2n) is 4.01. The summed E-state index contributed by atoms with van der Waals surface area (Å²) >= 11 is 3.43. The monoisotopic (exact) mass is 280 g/mol. The Morgan fingerprint density at radius 1 is 1.38 bits per heavy atom. The topological polar surface area (TPSA) is 25.2 Å². The highest BCUT2D eigenvalue weighted by Gasteiger charge is 2.15. The number of amides is 1. The van der Waals surface area contributed by atoms with E-state index >= 15 is 0 Å².